The fourth-order valence-corrected chi connectivity index (χ4v) is 2.64. The SMILES string of the molecule is CCOc1ccccc1C(CC(=O)N[C@H](C(=O)O)[C@@H](C)CC)NC(C)=O. The number of rotatable bonds is 10. The zero-order valence-electron chi connectivity index (χ0n) is 15.7. The maximum absolute atomic E-state index is 12.4. The quantitative estimate of drug-likeness (QED) is 0.591. The molecule has 0 radical (unpaired) electrons. The van der Waals surface area contributed by atoms with Crippen LogP contribution in [0.4, 0.5) is 0 Å². The largest absolute Gasteiger partial charge is 0.494 e. The molecule has 1 aromatic carbocycles. The molecule has 1 unspecified atom stereocenters. The van der Waals surface area contributed by atoms with Gasteiger partial charge in [-0.2, -0.15) is 0 Å². The Morgan fingerprint density at radius 2 is 1.81 bits per heavy atom. The predicted octanol–water partition coefficient (Wildman–Crippen LogP) is 2.27. The van der Waals surface area contributed by atoms with Crippen LogP contribution in [0.5, 0.6) is 5.75 Å². The zero-order valence-corrected chi connectivity index (χ0v) is 15.7. The number of nitrogens with one attached hydrogen (secondary N) is 2. The third kappa shape index (κ3) is 6.38. The predicted molar refractivity (Wildman–Crippen MR) is 97.8 cm³/mol. The number of amides is 2. The first-order valence-corrected chi connectivity index (χ1v) is 8.81. The van der Waals surface area contributed by atoms with E-state index in [-0.39, 0.29) is 18.2 Å². The van der Waals surface area contributed by atoms with Gasteiger partial charge in [0, 0.05) is 12.5 Å². The maximum atomic E-state index is 12.4. The summed E-state index contributed by atoms with van der Waals surface area (Å²) in [6.45, 7) is 7.30. The van der Waals surface area contributed by atoms with Crippen LogP contribution in [0.1, 0.15) is 52.1 Å². The number of carboxylic acids is 1. The number of para-hydroxylation sites is 1. The van der Waals surface area contributed by atoms with Gasteiger partial charge in [-0.1, -0.05) is 38.5 Å². The van der Waals surface area contributed by atoms with Gasteiger partial charge in [0.25, 0.3) is 0 Å². The van der Waals surface area contributed by atoms with Crippen LogP contribution in [0, 0.1) is 5.92 Å². The van der Waals surface area contributed by atoms with Crippen molar-refractivity contribution in [3.63, 3.8) is 0 Å². The first-order valence-electron chi connectivity index (χ1n) is 8.81. The van der Waals surface area contributed by atoms with E-state index in [1.807, 2.05) is 19.9 Å². The topological polar surface area (TPSA) is 105 Å². The van der Waals surface area contributed by atoms with Crippen LogP contribution in [-0.2, 0) is 14.4 Å². The Labute approximate surface area is 154 Å². The van der Waals surface area contributed by atoms with Crippen LogP contribution < -0.4 is 15.4 Å². The van der Waals surface area contributed by atoms with E-state index in [0.29, 0.717) is 24.3 Å². The molecule has 7 nitrogen and oxygen atoms in total. The van der Waals surface area contributed by atoms with Crippen molar-refractivity contribution in [2.75, 3.05) is 6.61 Å². The van der Waals surface area contributed by atoms with Gasteiger partial charge < -0.3 is 20.5 Å². The summed E-state index contributed by atoms with van der Waals surface area (Å²) in [5, 5.41) is 14.6. The molecule has 1 aromatic rings. The molecular formula is C19H28N2O5. The van der Waals surface area contributed by atoms with Crippen molar-refractivity contribution >= 4 is 17.8 Å². The van der Waals surface area contributed by atoms with Gasteiger partial charge in [-0.15, -0.1) is 0 Å². The van der Waals surface area contributed by atoms with Crippen molar-refractivity contribution in [2.24, 2.45) is 5.92 Å². The molecule has 7 heteroatoms. The Morgan fingerprint density at radius 1 is 1.15 bits per heavy atom. The van der Waals surface area contributed by atoms with Crippen LogP contribution in [-0.4, -0.2) is 35.5 Å². The van der Waals surface area contributed by atoms with Crippen molar-refractivity contribution in [1.82, 2.24) is 10.6 Å². The second-order valence-electron chi connectivity index (χ2n) is 6.20. The van der Waals surface area contributed by atoms with Crippen LogP contribution >= 0.6 is 0 Å². The molecule has 0 aromatic heterocycles. The van der Waals surface area contributed by atoms with E-state index >= 15 is 0 Å². The number of hydrogen-bond donors (Lipinski definition) is 3. The second-order valence-corrected chi connectivity index (χ2v) is 6.20. The molecule has 0 bridgehead atoms. The summed E-state index contributed by atoms with van der Waals surface area (Å²) in [5.74, 6) is -1.42. The van der Waals surface area contributed by atoms with Crippen molar-refractivity contribution in [3.05, 3.63) is 29.8 Å². The highest BCUT2D eigenvalue weighted by atomic mass is 16.5. The number of carbonyl (C=O) groups is 3. The molecule has 26 heavy (non-hydrogen) atoms. The lowest BCUT2D eigenvalue weighted by Crippen LogP contribution is -2.46. The summed E-state index contributed by atoms with van der Waals surface area (Å²) in [6.07, 6.45) is 0.545. The highest BCUT2D eigenvalue weighted by molar-refractivity contribution is 5.84. The molecule has 0 fully saturated rings. The average Bonchev–Trinajstić information content (AvgIpc) is 2.58. The molecule has 144 valence electrons. The van der Waals surface area contributed by atoms with Crippen LogP contribution in [0.25, 0.3) is 0 Å². The molecular weight excluding hydrogens is 336 g/mol. The molecule has 3 atom stereocenters. The lowest BCUT2D eigenvalue weighted by Gasteiger charge is -2.24. The molecule has 0 spiro atoms. The summed E-state index contributed by atoms with van der Waals surface area (Å²) < 4.78 is 5.58. The Balaban J connectivity index is 2.99. The molecule has 0 heterocycles. The van der Waals surface area contributed by atoms with Gasteiger partial charge in [-0.3, -0.25) is 9.59 Å². The minimum absolute atomic E-state index is 0.0795. The molecule has 1 rings (SSSR count). The van der Waals surface area contributed by atoms with E-state index in [0.717, 1.165) is 0 Å². The summed E-state index contributed by atoms with van der Waals surface area (Å²) in [4.78, 5) is 35.4. The third-order valence-corrected chi connectivity index (χ3v) is 4.16. The Hall–Kier alpha value is -2.57. The second kappa shape index (κ2) is 10.4. The highest BCUT2D eigenvalue weighted by Gasteiger charge is 2.27. The fourth-order valence-electron chi connectivity index (χ4n) is 2.64. The van der Waals surface area contributed by atoms with E-state index < -0.39 is 24.0 Å². The van der Waals surface area contributed by atoms with Gasteiger partial charge in [0.1, 0.15) is 11.8 Å². The molecule has 0 aliphatic heterocycles. The van der Waals surface area contributed by atoms with Crippen LogP contribution in [0.3, 0.4) is 0 Å². The smallest absolute Gasteiger partial charge is 0.326 e. The maximum Gasteiger partial charge on any atom is 0.326 e. The third-order valence-electron chi connectivity index (χ3n) is 4.16. The summed E-state index contributed by atoms with van der Waals surface area (Å²) >= 11 is 0. The Bertz CT molecular complexity index is 632. The van der Waals surface area contributed by atoms with Crippen molar-refractivity contribution < 1.29 is 24.2 Å². The lowest BCUT2D eigenvalue weighted by atomic mass is 9.98. The molecule has 0 aliphatic carbocycles. The van der Waals surface area contributed by atoms with Gasteiger partial charge in [-0.05, 0) is 18.9 Å². The molecule has 3 N–H and O–H groups in total. The van der Waals surface area contributed by atoms with E-state index in [1.54, 1.807) is 25.1 Å². The van der Waals surface area contributed by atoms with Crippen molar-refractivity contribution in [2.45, 2.75) is 52.6 Å². The summed E-state index contributed by atoms with van der Waals surface area (Å²) in [6, 6.07) is 5.58. The number of carboxylic acid groups (broad SMARTS) is 1. The van der Waals surface area contributed by atoms with E-state index in [2.05, 4.69) is 10.6 Å². The monoisotopic (exact) mass is 364 g/mol. The number of benzene rings is 1. The zero-order chi connectivity index (χ0) is 19.7. The van der Waals surface area contributed by atoms with Crippen molar-refractivity contribution in [1.29, 1.82) is 0 Å². The van der Waals surface area contributed by atoms with Gasteiger partial charge in [-0.25, -0.2) is 4.79 Å². The van der Waals surface area contributed by atoms with Crippen LogP contribution in [0.2, 0.25) is 0 Å². The molecule has 0 aliphatic rings. The van der Waals surface area contributed by atoms with Crippen LogP contribution in [0.15, 0.2) is 24.3 Å². The van der Waals surface area contributed by atoms with E-state index in [1.165, 1.54) is 6.92 Å². The lowest BCUT2D eigenvalue weighted by molar-refractivity contribution is -0.143. The van der Waals surface area contributed by atoms with E-state index in [4.69, 9.17) is 4.74 Å². The number of hydrogen-bond acceptors (Lipinski definition) is 4. The molecule has 0 saturated carbocycles. The first-order chi connectivity index (χ1) is 12.3. The fraction of sp³-hybridized carbons (Fsp3) is 0.526. The molecule has 2 amide bonds. The molecule has 0 saturated heterocycles. The minimum atomic E-state index is -1.07. The normalized spacial score (nSPS) is 14.0. The summed E-state index contributed by atoms with van der Waals surface area (Å²) in [5.41, 5.74) is 0.676. The number of ether oxygens (including phenoxy) is 1. The van der Waals surface area contributed by atoms with Gasteiger partial charge in [0.15, 0.2) is 0 Å². The van der Waals surface area contributed by atoms with Gasteiger partial charge in [0.2, 0.25) is 11.8 Å². The van der Waals surface area contributed by atoms with Crippen molar-refractivity contribution in [3.8, 4) is 5.75 Å². The van der Waals surface area contributed by atoms with Gasteiger partial charge in [0.05, 0.1) is 19.1 Å². The first kappa shape index (κ1) is 21.5. The standard InChI is InChI=1S/C19H28N2O5/c1-5-12(3)18(19(24)25)21-17(23)11-15(20-13(4)22)14-9-7-8-10-16(14)26-6-2/h7-10,12,15,18H,5-6,11H2,1-4H3,(H,20,22)(H,21,23)(H,24,25)/t12-,15?,18-/m0/s1. The minimum Gasteiger partial charge on any atom is -0.494 e. The number of carbonyl (C=O) groups excluding carboxylic acids is 2. The Kier molecular flexibility index (Phi) is 8.61. The summed E-state index contributed by atoms with van der Waals surface area (Å²) in [7, 11) is 0. The van der Waals surface area contributed by atoms with Gasteiger partial charge >= 0.3 is 5.97 Å². The average molecular weight is 364 g/mol. The Morgan fingerprint density at radius 3 is 2.35 bits per heavy atom. The van der Waals surface area contributed by atoms with E-state index in [9.17, 15) is 19.5 Å². The highest BCUT2D eigenvalue weighted by Crippen LogP contribution is 2.27. The number of aliphatic carboxylic acids is 1.